The van der Waals surface area contributed by atoms with Gasteiger partial charge in [-0.15, -0.1) is 0 Å². The van der Waals surface area contributed by atoms with Crippen LogP contribution in [-0.2, 0) is 0 Å². The summed E-state index contributed by atoms with van der Waals surface area (Å²) in [7, 11) is 0. The van der Waals surface area contributed by atoms with E-state index in [1.54, 1.807) is 6.92 Å². The van der Waals surface area contributed by atoms with Crippen LogP contribution in [0.15, 0.2) is 12.4 Å². The molecule has 0 aliphatic heterocycles. The smallest absolute Gasteiger partial charge is 0.104 e. The summed E-state index contributed by atoms with van der Waals surface area (Å²) in [5, 5.41) is 10.1. The Kier molecular flexibility index (Phi) is 1.62. The molecule has 0 unspecified atom stereocenters. The molecule has 52 valence electrons. The molecule has 0 fully saturated rings. The van der Waals surface area contributed by atoms with Crippen molar-refractivity contribution in [2.24, 2.45) is 0 Å². The fourth-order valence-corrected chi connectivity index (χ4v) is 0.498. The highest BCUT2D eigenvalue weighted by Gasteiger charge is 1.92. The largest absolute Gasteiger partial charge is 0.543 e. The van der Waals surface area contributed by atoms with Crippen LogP contribution in [0.1, 0.15) is 16.2 Å². The lowest BCUT2D eigenvalue weighted by Crippen LogP contribution is -2.23. The third-order valence-corrected chi connectivity index (χ3v) is 0.990. The quantitative estimate of drug-likeness (QED) is 0.505. The molecule has 0 amide bonds. The normalized spacial score (nSPS) is 9.30. The highest BCUT2D eigenvalue weighted by atomic mass is 16.4. The molecule has 4 nitrogen and oxygen atoms in total. The zero-order chi connectivity index (χ0) is 7.56. The Hall–Kier alpha value is -1.45. The summed E-state index contributed by atoms with van der Waals surface area (Å²) >= 11 is 0. The van der Waals surface area contributed by atoms with Gasteiger partial charge >= 0.3 is 0 Å². The summed E-state index contributed by atoms with van der Waals surface area (Å²) in [5.41, 5.74) is 0.551. The minimum Gasteiger partial charge on any atom is -0.543 e. The van der Waals surface area contributed by atoms with Crippen molar-refractivity contribution in [3.8, 4) is 0 Å². The molecule has 4 heteroatoms. The van der Waals surface area contributed by atoms with E-state index in [1.165, 1.54) is 12.4 Å². The maximum atomic E-state index is 10.1. The number of carboxylic acid groups (broad SMARTS) is 1. The molecule has 0 aliphatic rings. The van der Waals surface area contributed by atoms with E-state index in [0.29, 0.717) is 5.69 Å². The SMILES string of the molecule is Cc1cnc(C(=O)[O-])cn1. The summed E-state index contributed by atoms with van der Waals surface area (Å²) < 4.78 is 0. The number of nitrogens with zero attached hydrogens (tertiary/aromatic N) is 2. The Bertz CT molecular complexity index is 242. The molecule has 0 aromatic carbocycles. The highest BCUT2D eigenvalue weighted by molar-refractivity contribution is 5.82. The molecule has 1 aromatic rings. The molecule has 1 aromatic heterocycles. The van der Waals surface area contributed by atoms with Crippen LogP contribution in [0.2, 0.25) is 0 Å². The Morgan fingerprint density at radius 1 is 1.50 bits per heavy atom. The van der Waals surface area contributed by atoms with Crippen molar-refractivity contribution in [2.75, 3.05) is 0 Å². The summed E-state index contributed by atoms with van der Waals surface area (Å²) in [6, 6.07) is 0. The molecule has 0 aliphatic carbocycles. The van der Waals surface area contributed by atoms with E-state index in [4.69, 9.17) is 0 Å². The number of carboxylic acids is 1. The predicted octanol–water partition coefficient (Wildman–Crippen LogP) is -0.851. The van der Waals surface area contributed by atoms with Crippen molar-refractivity contribution >= 4 is 5.97 Å². The molecule has 10 heavy (non-hydrogen) atoms. The molecule has 0 radical (unpaired) electrons. The van der Waals surface area contributed by atoms with Crippen molar-refractivity contribution in [1.82, 2.24) is 9.97 Å². The first kappa shape index (κ1) is 6.67. The van der Waals surface area contributed by atoms with E-state index >= 15 is 0 Å². The van der Waals surface area contributed by atoms with Gasteiger partial charge in [-0.2, -0.15) is 0 Å². The third kappa shape index (κ3) is 1.28. The van der Waals surface area contributed by atoms with E-state index in [-0.39, 0.29) is 5.69 Å². The Morgan fingerprint density at radius 3 is 2.60 bits per heavy atom. The van der Waals surface area contributed by atoms with E-state index in [1.807, 2.05) is 0 Å². The minimum absolute atomic E-state index is 0.134. The van der Waals surface area contributed by atoms with Gasteiger partial charge in [0.15, 0.2) is 0 Å². The average molecular weight is 137 g/mol. The third-order valence-electron chi connectivity index (χ3n) is 0.990. The van der Waals surface area contributed by atoms with Gasteiger partial charge in [0.25, 0.3) is 0 Å². The van der Waals surface area contributed by atoms with Crippen LogP contribution >= 0.6 is 0 Å². The number of hydrogen-bond donors (Lipinski definition) is 0. The molecule has 1 rings (SSSR count). The van der Waals surface area contributed by atoms with Crippen molar-refractivity contribution in [2.45, 2.75) is 6.92 Å². The number of hydrogen-bond acceptors (Lipinski definition) is 4. The maximum Gasteiger partial charge on any atom is 0.104 e. The van der Waals surface area contributed by atoms with Crippen molar-refractivity contribution in [3.63, 3.8) is 0 Å². The van der Waals surface area contributed by atoms with Crippen molar-refractivity contribution < 1.29 is 9.90 Å². The van der Waals surface area contributed by atoms with Gasteiger partial charge < -0.3 is 9.90 Å². The van der Waals surface area contributed by atoms with Gasteiger partial charge in [0.05, 0.1) is 17.9 Å². The van der Waals surface area contributed by atoms with Crippen LogP contribution in [0.4, 0.5) is 0 Å². The number of aromatic nitrogens is 2. The maximum absolute atomic E-state index is 10.1. The van der Waals surface area contributed by atoms with Crippen LogP contribution in [0, 0.1) is 6.92 Å². The molecular weight excluding hydrogens is 132 g/mol. The second-order valence-electron chi connectivity index (χ2n) is 1.83. The first-order valence-electron chi connectivity index (χ1n) is 2.70. The Balaban J connectivity index is 3.00. The van der Waals surface area contributed by atoms with E-state index < -0.39 is 5.97 Å². The standard InChI is InChI=1S/C6H6N2O2/c1-4-2-8-5(3-7-4)6(9)10/h2-3H,1H3,(H,9,10)/p-1. The first-order chi connectivity index (χ1) is 4.70. The molecule has 0 atom stereocenters. The zero-order valence-corrected chi connectivity index (χ0v) is 5.37. The summed E-state index contributed by atoms with van der Waals surface area (Å²) in [5.74, 6) is -1.30. The Morgan fingerprint density at radius 2 is 2.20 bits per heavy atom. The van der Waals surface area contributed by atoms with Gasteiger partial charge in [-0.05, 0) is 6.92 Å². The number of aromatic carboxylic acids is 1. The van der Waals surface area contributed by atoms with Crippen LogP contribution in [0.5, 0.6) is 0 Å². The number of carbonyl (C=O) groups is 1. The zero-order valence-electron chi connectivity index (χ0n) is 5.37. The van der Waals surface area contributed by atoms with E-state index in [9.17, 15) is 9.90 Å². The number of aryl methyl sites for hydroxylation is 1. The topological polar surface area (TPSA) is 65.9 Å². The number of carbonyl (C=O) groups excluding carboxylic acids is 1. The predicted molar refractivity (Wildman–Crippen MR) is 31.1 cm³/mol. The van der Waals surface area contributed by atoms with Gasteiger partial charge in [0.1, 0.15) is 5.69 Å². The van der Waals surface area contributed by atoms with Gasteiger partial charge in [0, 0.05) is 6.20 Å². The molecule has 0 spiro atoms. The van der Waals surface area contributed by atoms with Gasteiger partial charge in [-0.3, -0.25) is 9.97 Å². The van der Waals surface area contributed by atoms with Crippen molar-refractivity contribution in [1.29, 1.82) is 0 Å². The second-order valence-corrected chi connectivity index (χ2v) is 1.83. The number of rotatable bonds is 1. The summed E-state index contributed by atoms with van der Waals surface area (Å²) in [4.78, 5) is 17.4. The fourth-order valence-electron chi connectivity index (χ4n) is 0.498. The fraction of sp³-hybridized carbons (Fsp3) is 0.167. The van der Waals surface area contributed by atoms with Crippen LogP contribution in [-0.4, -0.2) is 15.9 Å². The molecule has 0 saturated carbocycles. The van der Waals surface area contributed by atoms with Gasteiger partial charge in [-0.1, -0.05) is 0 Å². The first-order valence-corrected chi connectivity index (χ1v) is 2.70. The van der Waals surface area contributed by atoms with E-state index in [2.05, 4.69) is 9.97 Å². The monoisotopic (exact) mass is 137 g/mol. The Labute approximate surface area is 57.6 Å². The summed E-state index contributed by atoms with van der Waals surface area (Å²) in [6.07, 6.45) is 2.55. The molecule has 0 N–H and O–H groups in total. The highest BCUT2D eigenvalue weighted by Crippen LogP contribution is 1.90. The van der Waals surface area contributed by atoms with Crippen LogP contribution in [0.25, 0.3) is 0 Å². The average Bonchev–Trinajstić information content (AvgIpc) is 1.88. The molecule has 1 heterocycles. The minimum atomic E-state index is -1.30. The lowest BCUT2D eigenvalue weighted by atomic mass is 10.4. The van der Waals surface area contributed by atoms with Crippen molar-refractivity contribution in [3.05, 3.63) is 23.8 Å². The summed E-state index contributed by atoms with van der Waals surface area (Å²) in [6.45, 7) is 1.73. The lowest BCUT2D eigenvalue weighted by molar-refractivity contribution is -0.255. The van der Waals surface area contributed by atoms with Crippen LogP contribution in [0.3, 0.4) is 0 Å². The molecule has 0 bridgehead atoms. The van der Waals surface area contributed by atoms with Crippen LogP contribution < -0.4 is 5.11 Å². The lowest BCUT2D eigenvalue weighted by Gasteiger charge is -1.98. The second kappa shape index (κ2) is 2.43. The van der Waals surface area contributed by atoms with Gasteiger partial charge in [-0.25, -0.2) is 0 Å². The molecule has 0 saturated heterocycles. The van der Waals surface area contributed by atoms with Gasteiger partial charge in [0.2, 0.25) is 0 Å². The van der Waals surface area contributed by atoms with E-state index in [0.717, 1.165) is 0 Å². The molecular formula is C6H5N2O2-.